The van der Waals surface area contributed by atoms with Crippen LogP contribution in [-0.4, -0.2) is 30.2 Å². The second-order valence-corrected chi connectivity index (χ2v) is 8.84. The van der Waals surface area contributed by atoms with E-state index in [4.69, 9.17) is 0 Å². The maximum Gasteiger partial charge on any atom is 0.262 e. The molecule has 6 nitrogen and oxygen atoms in total. The Morgan fingerprint density at radius 3 is 2.67 bits per heavy atom. The predicted octanol–water partition coefficient (Wildman–Crippen LogP) is 4.43. The topological polar surface area (TPSA) is 69.3 Å². The van der Waals surface area contributed by atoms with Crippen LogP contribution in [0, 0.1) is 13.8 Å². The summed E-state index contributed by atoms with van der Waals surface area (Å²) in [4.78, 5) is 26.1. The molecule has 0 aliphatic rings. The van der Waals surface area contributed by atoms with E-state index >= 15 is 0 Å². The van der Waals surface area contributed by atoms with Gasteiger partial charge in [-0.3, -0.25) is 18.6 Å². The zero-order valence-corrected chi connectivity index (χ0v) is 18.4. The summed E-state index contributed by atoms with van der Waals surface area (Å²) in [6, 6.07) is 13.4. The molecule has 7 heteroatoms. The minimum Gasteiger partial charge on any atom is -0.293 e. The molecule has 0 aliphatic heterocycles. The van der Waals surface area contributed by atoms with Crippen molar-refractivity contribution in [1.82, 2.24) is 19.2 Å². The van der Waals surface area contributed by atoms with Crippen molar-refractivity contribution in [2.24, 2.45) is 0 Å². The minimum absolute atomic E-state index is 0.0594. The number of ketones is 1. The molecule has 2 aromatic heterocycles. The molecule has 0 N–H and O–H groups in total. The van der Waals surface area contributed by atoms with E-state index in [9.17, 15) is 9.59 Å². The van der Waals surface area contributed by atoms with Crippen molar-refractivity contribution in [1.29, 1.82) is 0 Å². The van der Waals surface area contributed by atoms with Crippen molar-refractivity contribution in [3.8, 4) is 0 Å². The van der Waals surface area contributed by atoms with Gasteiger partial charge in [-0.25, -0.2) is 0 Å². The van der Waals surface area contributed by atoms with Gasteiger partial charge < -0.3 is 0 Å². The van der Waals surface area contributed by atoms with Crippen molar-refractivity contribution in [2.75, 3.05) is 0 Å². The molecule has 0 bridgehead atoms. The molecule has 4 aromatic rings. The third-order valence-electron chi connectivity index (χ3n) is 5.24. The number of hydrogen-bond donors (Lipinski definition) is 0. The van der Waals surface area contributed by atoms with Crippen molar-refractivity contribution in [3.63, 3.8) is 0 Å². The van der Waals surface area contributed by atoms with Crippen LogP contribution in [0.5, 0.6) is 0 Å². The number of rotatable bonds is 6. The maximum absolute atomic E-state index is 13.1. The number of carbonyl (C=O) groups excluding carboxylic acids is 1. The molecular formula is C23H24N4O2S. The lowest BCUT2D eigenvalue weighted by Gasteiger charge is -2.13. The highest BCUT2D eigenvalue weighted by Crippen LogP contribution is 2.28. The van der Waals surface area contributed by atoms with E-state index < -0.39 is 0 Å². The summed E-state index contributed by atoms with van der Waals surface area (Å²) in [5, 5.41) is 9.54. The second kappa shape index (κ2) is 8.07. The quantitative estimate of drug-likeness (QED) is 0.341. The lowest BCUT2D eigenvalue weighted by atomic mass is 10.0. The van der Waals surface area contributed by atoms with Crippen molar-refractivity contribution in [2.45, 2.75) is 51.1 Å². The first-order valence-electron chi connectivity index (χ1n) is 10.1. The number of hydrogen-bond acceptors (Lipinski definition) is 5. The number of fused-ring (bicyclic) bond motifs is 3. The molecule has 0 fully saturated rings. The molecule has 0 aliphatic carbocycles. The Labute approximate surface area is 178 Å². The van der Waals surface area contributed by atoms with Crippen molar-refractivity contribution < 1.29 is 4.79 Å². The standard InChI is InChI=1S/C23H24N4O2S/c1-5-12-26-21(29)17-8-6-7-9-19(17)27-22(26)24-25-23(27)30-16(4)20(28)18-13-14(2)10-11-15(18)3/h6-11,13,16H,5,12H2,1-4H3. The number of aromatic nitrogens is 4. The fraction of sp³-hybridized carbons (Fsp3) is 0.304. The first kappa shape index (κ1) is 20.3. The lowest BCUT2D eigenvalue weighted by molar-refractivity contribution is 0.0993. The fourth-order valence-electron chi connectivity index (χ4n) is 3.67. The molecule has 0 amide bonds. The number of aryl methyl sites for hydroxylation is 3. The summed E-state index contributed by atoms with van der Waals surface area (Å²) >= 11 is 1.37. The van der Waals surface area contributed by atoms with E-state index in [0.29, 0.717) is 22.9 Å². The van der Waals surface area contributed by atoms with E-state index in [1.807, 2.05) is 74.6 Å². The average molecular weight is 421 g/mol. The lowest BCUT2D eigenvalue weighted by Crippen LogP contribution is -2.23. The molecule has 1 unspecified atom stereocenters. The average Bonchev–Trinajstić information content (AvgIpc) is 3.15. The largest absolute Gasteiger partial charge is 0.293 e. The predicted molar refractivity (Wildman–Crippen MR) is 121 cm³/mol. The van der Waals surface area contributed by atoms with E-state index in [2.05, 4.69) is 10.2 Å². The fourth-order valence-corrected chi connectivity index (χ4v) is 4.59. The van der Waals surface area contributed by atoms with Crippen molar-refractivity contribution in [3.05, 3.63) is 69.5 Å². The van der Waals surface area contributed by atoms with Crippen LogP contribution in [0.3, 0.4) is 0 Å². The summed E-state index contributed by atoms with van der Waals surface area (Å²) in [6.07, 6.45) is 0.810. The summed E-state index contributed by atoms with van der Waals surface area (Å²) in [7, 11) is 0. The highest BCUT2D eigenvalue weighted by Gasteiger charge is 2.23. The molecule has 154 valence electrons. The van der Waals surface area contributed by atoms with Gasteiger partial charge in [0, 0.05) is 12.1 Å². The first-order valence-corrected chi connectivity index (χ1v) is 10.9. The molecular weight excluding hydrogens is 396 g/mol. The van der Waals surface area contributed by atoms with Gasteiger partial charge in [0.1, 0.15) is 0 Å². The molecule has 0 saturated heterocycles. The molecule has 0 spiro atoms. The van der Waals surface area contributed by atoms with Gasteiger partial charge in [0.15, 0.2) is 10.9 Å². The summed E-state index contributed by atoms with van der Waals surface area (Å²) in [5.74, 6) is 0.568. The van der Waals surface area contributed by atoms with Crippen LogP contribution >= 0.6 is 11.8 Å². The summed E-state index contributed by atoms with van der Waals surface area (Å²) < 4.78 is 3.56. The zero-order valence-electron chi connectivity index (χ0n) is 17.5. The highest BCUT2D eigenvalue weighted by molar-refractivity contribution is 8.00. The zero-order chi connectivity index (χ0) is 21.4. The van der Waals surface area contributed by atoms with Gasteiger partial charge in [-0.15, -0.1) is 10.2 Å². The van der Waals surface area contributed by atoms with Crippen molar-refractivity contribution >= 4 is 34.2 Å². The van der Waals surface area contributed by atoms with Crippen LogP contribution in [0.25, 0.3) is 16.7 Å². The molecule has 2 heterocycles. The number of Topliss-reactive ketones (excluding diaryl/α,β-unsaturated/α-hetero) is 1. The molecule has 2 aromatic carbocycles. The Bertz CT molecular complexity index is 1320. The smallest absolute Gasteiger partial charge is 0.262 e. The van der Waals surface area contributed by atoms with Gasteiger partial charge >= 0.3 is 0 Å². The Kier molecular flexibility index (Phi) is 5.47. The number of para-hydroxylation sites is 1. The van der Waals surface area contributed by atoms with E-state index in [1.165, 1.54) is 11.8 Å². The number of benzene rings is 2. The van der Waals surface area contributed by atoms with Crippen LogP contribution in [0.15, 0.2) is 52.4 Å². The summed E-state index contributed by atoms with van der Waals surface area (Å²) in [6.45, 7) is 8.41. The van der Waals surface area contributed by atoms with E-state index in [-0.39, 0.29) is 16.6 Å². The molecule has 0 radical (unpaired) electrons. The van der Waals surface area contributed by atoms with Crippen LogP contribution in [-0.2, 0) is 6.54 Å². The molecule has 0 saturated carbocycles. The van der Waals surface area contributed by atoms with Crippen LogP contribution in [0.2, 0.25) is 0 Å². The third kappa shape index (κ3) is 3.43. The number of nitrogens with zero attached hydrogens (tertiary/aromatic N) is 4. The second-order valence-electron chi connectivity index (χ2n) is 7.53. The third-order valence-corrected chi connectivity index (χ3v) is 6.28. The van der Waals surface area contributed by atoms with Gasteiger partial charge in [-0.05, 0) is 51.0 Å². The molecule has 30 heavy (non-hydrogen) atoms. The van der Waals surface area contributed by atoms with Gasteiger partial charge in [0.05, 0.1) is 16.2 Å². The maximum atomic E-state index is 13.1. The van der Waals surface area contributed by atoms with E-state index in [0.717, 1.165) is 28.6 Å². The Morgan fingerprint density at radius 2 is 1.90 bits per heavy atom. The van der Waals surface area contributed by atoms with Crippen LogP contribution in [0.4, 0.5) is 0 Å². The van der Waals surface area contributed by atoms with Gasteiger partial charge in [-0.2, -0.15) is 0 Å². The Hall–Kier alpha value is -2.93. The van der Waals surface area contributed by atoms with Gasteiger partial charge in [0.2, 0.25) is 5.78 Å². The monoisotopic (exact) mass is 420 g/mol. The highest BCUT2D eigenvalue weighted by atomic mass is 32.2. The molecule has 4 rings (SSSR count). The normalized spacial score (nSPS) is 12.5. The van der Waals surface area contributed by atoms with Gasteiger partial charge in [-0.1, -0.05) is 48.5 Å². The SMILES string of the molecule is CCCn1c(=O)c2ccccc2n2c(SC(C)C(=O)c3cc(C)ccc3C)nnc12. The minimum atomic E-state index is -0.344. The number of carbonyl (C=O) groups is 1. The number of thioether (sulfide) groups is 1. The summed E-state index contributed by atoms with van der Waals surface area (Å²) in [5.41, 5.74) is 3.44. The first-order chi connectivity index (χ1) is 14.4. The Balaban J connectivity index is 1.81. The van der Waals surface area contributed by atoms with Crippen LogP contribution in [0.1, 0.15) is 41.8 Å². The van der Waals surface area contributed by atoms with E-state index in [1.54, 1.807) is 4.57 Å². The van der Waals surface area contributed by atoms with Gasteiger partial charge in [0.25, 0.3) is 5.56 Å². The molecule has 1 atom stereocenters. The Morgan fingerprint density at radius 1 is 1.13 bits per heavy atom. The van der Waals surface area contributed by atoms with Crippen LogP contribution < -0.4 is 5.56 Å².